The van der Waals surface area contributed by atoms with Crippen molar-refractivity contribution in [1.29, 1.82) is 0 Å². The number of nitrogens with zero attached hydrogens (tertiary/aromatic N) is 2. The molecule has 0 radical (unpaired) electrons. The minimum absolute atomic E-state index is 0.175. The zero-order valence-electron chi connectivity index (χ0n) is 7.20. The number of hydrogen-bond acceptors (Lipinski definition) is 3. The van der Waals surface area contributed by atoms with Gasteiger partial charge in [0.15, 0.2) is 0 Å². The quantitative estimate of drug-likeness (QED) is 0.854. The molecule has 0 saturated carbocycles. The lowest BCUT2D eigenvalue weighted by molar-refractivity contribution is -0.116. The third-order valence-corrected chi connectivity index (χ3v) is 1.96. The van der Waals surface area contributed by atoms with Crippen molar-refractivity contribution >= 4 is 27.7 Å². The van der Waals surface area contributed by atoms with Crippen molar-refractivity contribution in [3.05, 3.63) is 22.8 Å². The van der Waals surface area contributed by atoms with Crippen molar-refractivity contribution in [2.24, 2.45) is 5.73 Å². The van der Waals surface area contributed by atoms with E-state index in [1.54, 1.807) is 18.1 Å². The van der Waals surface area contributed by atoms with Crippen LogP contribution in [-0.4, -0.2) is 24.5 Å². The molecule has 0 aliphatic heterocycles. The number of pyridine rings is 1. The maximum atomic E-state index is 10.6. The first-order chi connectivity index (χ1) is 6.09. The molecular weight excluding hydrogens is 234 g/mol. The second kappa shape index (κ2) is 4.23. The maximum absolute atomic E-state index is 10.6. The highest BCUT2D eigenvalue weighted by atomic mass is 79.9. The molecule has 0 bridgehead atoms. The first kappa shape index (κ1) is 9.98. The van der Waals surface area contributed by atoms with Crippen LogP contribution in [0.25, 0.3) is 0 Å². The Labute approximate surface area is 84.9 Å². The molecule has 1 aromatic rings. The highest BCUT2D eigenvalue weighted by Crippen LogP contribution is 2.12. The molecule has 70 valence electrons. The van der Waals surface area contributed by atoms with Crippen molar-refractivity contribution in [1.82, 2.24) is 4.98 Å². The van der Waals surface area contributed by atoms with Gasteiger partial charge in [0.2, 0.25) is 5.91 Å². The van der Waals surface area contributed by atoms with E-state index in [9.17, 15) is 4.79 Å². The van der Waals surface area contributed by atoms with E-state index in [1.165, 1.54) is 0 Å². The Morgan fingerprint density at radius 3 is 2.85 bits per heavy atom. The molecule has 0 atom stereocenters. The summed E-state index contributed by atoms with van der Waals surface area (Å²) < 4.78 is 0.906. The van der Waals surface area contributed by atoms with Crippen LogP contribution in [0.15, 0.2) is 22.8 Å². The smallest absolute Gasteiger partial charge is 0.236 e. The van der Waals surface area contributed by atoms with Gasteiger partial charge >= 0.3 is 0 Å². The Hall–Kier alpha value is -1.10. The van der Waals surface area contributed by atoms with Gasteiger partial charge in [-0.15, -0.1) is 0 Å². The molecule has 1 rings (SSSR count). The lowest BCUT2D eigenvalue weighted by Gasteiger charge is -2.15. The summed E-state index contributed by atoms with van der Waals surface area (Å²) in [5.41, 5.74) is 5.04. The van der Waals surface area contributed by atoms with Crippen LogP contribution in [0.2, 0.25) is 0 Å². The van der Waals surface area contributed by atoms with E-state index in [0.29, 0.717) is 0 Å². The van der Waals surface area contributed by atoms with E-state index in [0.717, 1.165) is 10.3 Å². The summed E-state index contributed by atoms with van der Waals surface area (Å²) >= 11 is 3.27. The van der Waals surface area contributed by atoms with Gasteiger partial charge in [0, 0.05) is 17.7 Å². The van der Waals surface area contributed by atoms with Gasteiger partial charge in [0.1, 0.15) is 5.82 Å². The number of rotatable bonds is 3. The first-order valence-electron chi connectivity index (χ1n) is 3.70. The van der Waals surface area contributed by atoms with E-state index < -0.39 is 0 Å². The average molecular weight is 244 g/mol. The number of carbonyl (C=O) groups excluding carboxylic acids is 1. The van der Waals surface area contributed by atoms with E-state index in [4.69, 9.17) is 5.73 Å². The summed E-state index contributed by atoms with van der Waals surface area (Å²) in [5, 5.41) is 0. The third kappa shape index (κ3) is 3.02. The van der Waals surface area contributed by atoms with Crippen LogP contribution in [0.5, 0.6) is 0 Å². The van der Waals surface area contributed by atoms with E-state index in [-0.39, 0.29) is 12.5 Å². The van der Waals surface area contributed by atoms with Gasteiger partial charge in [-0.1, -0.05) is 0 Å². The summed E-state index contributed by atoms with van der Waals surface area (Å²) in [5.74, 6) is 0.356. The number of primary amides is 1. The maximum Gasteiger partial charge on any atom is 0.236 e. The predicted octanol–water partition coefficient (Wildman–Crippen LogP) is 0.766. The Bertz CT molecular complexity index is 299. The number of carbonyl (C=O) groups is 1. The molecule has 0 aliphatic rings. The van der Waals surface area contributed by atoms with Crippen molar-refractivity contribution in [3.8, 4) is 0 Å². The topological polar surface area (TPSA) is 59.2 Å². The second-order valence-electron chi connectivity index (χ2n) is 2.66. The zero-order chi connectivity index (χ0) is 9.84. The van der Waals surface area contributed by atoms with Crippen LogP contribution in [0.3, 0.4) is 0 Å². The SMILES string of the molecule is CN(CC(N)=O)c1ccc(Br)cn1. The molecular formula is C8H10BrN3O. The fourth-order valence-electron chi connectivity index (χ4n) is 0.909. The molecule has 1 heterocycles. The van der Waals surface area contributed by atoms with Crippen LogP contribution >= 0.6 is 15.9 Å². The second-order valence-corrected chi connectivity index (χ2v) is 3.57. The van der Waals surface area contributed by atoms with Gasteiger partial charge in [0.05, 0.1) is 6.54 Å². The van der Waals surface area contributed by atoms with Gasteiger partial charge < -0.3 is 10.6 Å². The van der Waals surface area contributed by atoms with Crippen LogP contribution in [0, 0.1) is 0 Å². The zero-order valence-corrected chi connectivity index (χ0v) is 8.78. The van der Waals surface area contributed by atoms with E-state index >= 15 is 0 Å². The number of amides is 1. The number of hydrogen-bond donors (Lipinski definition) is 1. The highest BCUT2D eigenvalue weighted by molar-refractivity contribution is 9.10. The molecule has 1 amide bonds. The van der Waals surface area contributed by atoms with Gasteiger partial charge in [-0.05, 0) is 28.1 Å². The fourth-order valence-corrected chi connectivity index (χ4v) is 1.14. The first-order valence-corrected chi connectivity index (χ1v) is 4.50. The summed E-state index contributed by atoms with van der Waals surface area (Å²) in [4.78, 5) is 16.4. The Kier molecular flexibility index (Phi) is 3.25. The van der Waals surface area contributed by atoms with E-state index in [2.05, 4.69) is 20.9 Å². The molecule has 0 spiro atoms. The number of anilines is 1. The molecule has 0 unspecified atom stereocenters. The molecule has 4 nitrogen and oxygen atoms in total. The molecule has 2 N–H and O–H groups in total. The van der Waals surface area contributed by atoms with Gasteiger partial charge in [-0.25, -0.2) is 4.98 Å². The highest BCUT2D eigenvalue weighted by Gasteiger charge is 2.04. The summed E-state index contributed by atoms with van der Waals surface area (Å²) in [6, 6.07) is 3.67. The molecule has 1 aromatic heterocycles. The van der Waals surface area contributed by atoms with Crippen LogP contribution in [0.1, 0.15) is 0 Å². The average Bonchev–Trinajstić information content (AvgIpc) is 2.04. The van der Waals surface area contributed by atoms with Crippen LogP contribution in [-0.2, 0) is 4.79 Å². The summed E-state index contributed by atoms with van der Waals surface area (Å²) in [7, 11) is 1.76. The third-order valence-electron chi connectivity index (χ3n) is 1.50. The Morgan fingerprint density at radius 1 is 1.69 bits per heavy atom. The predicted molar refractivity (Wildman–Crippen MR) is 54.4 cm³/mol. The van der Waals surface area contributed by atoms with Crippen molar-refractivity contribution in [2.75, 3.05) is 18.5 Å². The van der Waals surface area contributed by atoms with Crippen molar-refractivity contribution in [2.45, 2.75) is 0 Å². The lowest BCUT2D eigenvalue weighted by atomic mass is 10.4. The molecule has 0 aromatic carbocycles. The number of nitrogens with two attached hydrogens (primary N) is 1. The summed E-state index contributed by atoms with van der Waals surface area (Å²) in [6.45, 7) is 0.175. The molecule has 0 fully saturated rings. The number of halogens is 1. The molecule has 5 heteroatoms. The van der Waals surface area contributed by atoms with Gasteiger partial charge in [-0.2, -0.15) is 0 Å². The minimum Gasteiger partial charge on any atom is -0.368 e. The lowest BCUT2D eigenvalue weighted by Crippen LogP contribution is -2.30. The molecule has 0 saturated heterocycles. The Morgan fingerprint density at radius 2 is 2.38 bits per heavy atom. The monoisotopic (exact) mass is 243 g/mol. The van der Waals surface area contributed by atoms with Crippen molar-refractivity contribution < 1.29 is 4.79 Å². The fraction of sp³-hybridized carbons (Fsp3) is 0.250. The van der Waals surface area contributed by atoms with Crippen LogP contribution < -0.4 is 10.6 Å². The number of likely N-dealkylation sites (N-methyl/N-ethyl adjacent to an activating group) is 1. The standard InChI is InChI=1S/C8H10BrN3O/c1-12(5-7(10)13)8-3-2-6(9)4-11-8/h2-4H,5H2,1H3,(H2,10,13). The van der Waals surface area contributed by atoms with Gasteiger partial charge in [0.25, 0.3) is 0 Å². The van der Waals surface area contributed by atoms with Crippen molar-refractivity contribution in [3.63, 3.8) is 0 Å². The minimum atomic E-state index is -0.368. The normalized spacial score (nSPS) is 9.69. The largest absolute Gasteiger partial charge is 0.368 e. The molecule has 0 aliphatic carbocycles. The Balaban J connectivity index is 2.71. The van der Waals surface area contributed by atoms with E-state index in [1.807, 2.05) is 12.1 Å². The summed E-state index contributed by atoms with van der Waals surface area (Å²) in [6.07, 6.45) is 1.67. The van der Waals surface area contributed by atoms with Crippen LogP contribution in [0.4, 0.5) is 5.82 Å². The number of aromatic nitrogens is 1. The van der Waals surface area contributed by atoms with Gasteiger partial charge in [-0.3, -0.25) is 4.79 Å². The molecule has 13 heavy (non-hydrogen) atoms.